The highest BCUT2D eigenvalue weighted by atomic mass is 16.5. The van der Waals surface area contributed by atoms with Crippen molar-refractivity contribution < 1.29 is 9.53 Å². The third-order valence-corrected chi connectivity index (χ3v) is 5.55. The van der Waals surface area contributed by atoms with Crippen LogP contribution in [-0.4, -0.2) is 43.6 Å². The van der Waals surface area contributed by atoms with Crippen LogP contribution in [-0.2, 0) is 11.2 Å². The van der Waals surface area contributed by atoms with E-state index in [2.05, 4.69) is 17.8 Å². The molecule has 2 fully saturated rings. The molecule has 5 heteroatoms. The van der Waals surface area contributed by atoms with Crippen molar-refractivity contribution in [2.24, 2.45) is 11.8 Å². The van der Waals surface area contributed by atoms with Crippen LogP contribution in [0.4, 0.5) is 0 Å². The molecule has 0 spiro atoms. The van der Waals surface area contributed by atoms with Crippen molar-refractivity contribution in [3.05, 3.63) is 29.8 Å². The van der Waals surface area contributed by atoms with Gasteiger partial charge in [-0.15, -0.1) is 0 Å². The van der Waals surface area contributed by atoms with E-state index >= 15 is 0 Å². The second kappa shape index (κ2) is 7.99. The fourth-order valence-electron chi connectivity index (χ4n) is 4.03. The number of nitrogens with one attached hydrogen (secondary N) is 2. The van der Waals surface area contributed by atoms with Gasteiger partial charge < -0.3 is 9.64 Å². The average Bonchev–Trinajstić information content (AvgIpc) is 3.10. The molecule has 24 heavy (non-hydrogen) atoms. The molecule has 0 radical (unpaired) electrons. The lowest BCUT2D eigenvalue weighted by atomic mass is 9.82. The van der Waals surface area contributed by atoms with Gasteiger partial charge in [-0.3, -0.25) is 15.6 Å². The number of hydrogen-bond acceptors (Lipinski definition) is 4. The van der Waals surface area contributed by atoms with Gasteiger partial charge in [-0.2, -0.15) is 0 Å². The van der Waals surface area contributed by atoms with Gasteiger partial charge >= 0.3 is 0 Å². The normalized spacial score (nSPS) is 25.0. The molecule has 2 aliphatic heterocycles. The molecule has 3 rings (SSSR count). The summed E-state index contributed by atoms with van der Waals surface area (Å²) in [6.45, 7) is 5.08. The second-order valence-corrected chi connectivity index (χ2v) is 6.97. The Morgan fingerprint density at radius 2 is 2.12 bits per heavy atom. The van der Waals surface area contributed by atoms with Gasteiger partial charge in [-0.1, -0.05) is 25.5 Å². The van der Waals surface area contributed by atoms with Crippen LogP contribution in [0.25, 0.3) is 0 Å². The van der Waals surface area contributed by atoms with Gasteiger partial charge in [0, 0.05) is 25.7 Å². The van der Waals surface area contributed by atoms with Crippen molar-refractivity contribution in [2.75, 3.05) is 26.7 Å². The molecule has 2 aliphatic rings. The highest BCUT2D eigenvalue weighted by Crippen LogP contribution is 2.28. The summed E-state index contributed by atoms with van der Waals surface area (Å²) in [6, 6.07) is 8.35. The number of benzene rings is 1. The summed E-state index contributed by atoms with van der Waals surface area (Å²) in [4.78, 5) is 14.6. The lowest BCUT2D eigenvalue weighted by Gasteiger charge is -2.36. The fraction of sp³-hybridized carbons (Fsp3) is 0.632. The second-order valence-electron chi connectivity index (χ2n) is 6.97. The van der Waals surface area contributed by atoms with E-state index in [4.69, 9.17) is 4.74 Å². The quantitative estimate of drug-likeness (QED) is 0.866. The molecule has 5 nitrogen and oxygen atoms in total. The molecule has 1 aromatic rings. The van der Waals surface area contributed by atoms with Crippen molar-refractivity contribution in [1.29, 1.82) is 0 Å². The maximum Gasteiger partial charge on any atom is 0.226 e. The molecule has 2 heterocycles. The first-order valence-corrected chi connectivity index (χ1v) is 9.10. The van der Waals surface area contributed by atoms with Crippen molar-refractivity contribution in [3.8, 4) is 5.75 Å². The number of piperidine rings is 1. The lowest BCUT2D eigenvalue weighted by Crippen LogP contribution is -2.46. The SMILES string of the molecule is CCC1CNNC1C1CCN(C(=O)Cc2cccc(OC)c2)CC1. The molecule has 0 bridgehead atoms. The molecule has 0 saturated carbocycles. The van der Waals surface area contributed by atoms with Crippen LogP contribution in [0.5, 0.6) is 5.75 Å². The Balaban J connectivity index is 1.51. The topological polar surface area (TPSA) is 53.6 Å². The minimum absolute atomic E-state index is 0.228. The summed E-state index contributed by atoms with van der Waals surface area (Å²) in [5, 5.41) is 0. The zero-order valence-electron chi connectivity index (χ0n) is 14.8. The van der Waals surface area contributed by atoms with Gasteiger partial charge in [-0.05, 0) is 42.4 Å². The van der Waals surface area contributed by atoms with E-state index in [1.54, 1.807) is 7.11 Å². The smallest absolute Gasteiger partial charge is 0.226 e. The van der Waals surface area contributed by atoms with Crippen LogP contribution in [0.1, 0.15) is 31.7 Å². The molecule has 132 valence electrons. The van der Waals surface area contributed by atoms with Gasteiger partial charge in [0.15, 0.2) is 0 Å². The Labute approximate surface area is 144 Å². The summed E-state index contributed by atoms with van der Waals surface area (Å²) >= 11 is 0. The molecule has 0 aromatic heterocycles. The minimum Gasteiger partial charge on any atom is -0.497 e. The number of rotatable bonds is 5. The number of carbonyl (C=O) groups is 1. The van der Waals surface area contributed by atoms with Crippen LogP contribution >= 0.6 is 0 Å². The first-order chi connectivity index (χ1) is 11.7. The first-order valence-electron chi connectivity index (χ1n) is 9.10. The molecular formula is C19H29N3O2. The first kappa shape index (κ1) is 17.2. The zero-order chi connectivity index (χ0) is 16.9. The number of hydrogen-bond donors (Lipinski definition) is 2. The summed E-state index contributed by atoms with van der Waals surface area (Å²) in [5.41, 5.74) is 7.78. The Bertz CT molecular complexity index is 555. The third kappa shape index (κ3) is 3.90. The number of likely N-dealkylation sites (tertiary alicyclic amines) is 1. The summed E-state index contributed by atoms with van der Waals surface area (Å²) in [6.07, 6.45) is 3.86. The molecule has 2 atom stereocenters. The lowest BCUT2D eigenvalue weighted by molar-refractivity contribution is -0.132. The number of nitrogens with zero attached hydrogens (tertiary/aromatic N) is 1. The maximum absolute atomic E-state index is 12.6. The molecule has 2 unspecified atom stereocenters. The summed E-state index contributed by atoms with van der Waals surface area (Å²) in [5.74, 6) is 2.43. The van der Waals surface area contributed by atoms with Crippen LogP contribution < -0.4 is 15.6 Å². The highest BCUT2D eigenvalue weighted by molar-refractivity contribution is 5.79. The summed E-state index contributed by atoms with van der Waals surface area (Å²) < 4.78 is 5.24. The van der Waals surface area contributed by atoms with E-state index in [0.717, 1.165) is 43.8 Å². The minimum atomic E-state index is 0.228. The Morgan fingerprint density at radius 1 is 1.33 bits per heavy atom. The van der Waals surface area contributed by atoms with Crippen LogP contribution in [0.3, 0.4) is 0 Å². The Hall–Kier alpha value is -1.59. The molecule has 2 N–H and O–H groups in total. The number of amides is 1. The van der Waals surface area contributed by atoms with E-state index < -0.39 is 0 Å². The van der Waals surface area contributed by atoms with Gasteiger partial charge in [0.25, 0.3) is 0 Å². The Kier molecular flexibility index (Phi) is 5.74. The van der Waals surface area contributed by atoms with Crippen LogP contribution in [0.15, 0.2) is 24.3 Å². The molecule has 1 aromatic carbocycles. The van der Waals surface area contributed by atoms with Gasteiger partial charge in [0.2, 0.25) is 5.91 Å². The van der Waals surface area contributed by atoms with Crippen molar-refractivity contribution in [1.82, 2.24) is 15.8 Å². The Morgan fingerprint density at radius 3 is 2.83 bits per heavy atom. The van der Waals surface area contributed by atoms with E-state index in [0.29, 0.717) is 24.3 Å². The predicted octanol–water partition coefficient (Wildman–Crippen LogP) is 1.98. The largest absolute Gasteiger partial charge is 0.497 e. The third-order valence-electron chi connectivity index (χ3n) is 5.55. The molecule has 2 saturated heterocycles. The van der Waals surface area contributed by atoms with E-state index in [1.807, 2.05) is 29.2 Å². The number of hydrazine groups is 1. The van der Waals surface area contributed by atoms with Crippen molar-refractivity contribution in [3.63, 3.8) is 0 Å². The van der Waals surface area contributed by atoms with Gasteiger partial charge in [0.1, 0.15) is 5.75 Å². The van der Waals surface area contributed by atoms with E-state index in [9.17, 15) is 4.79 Å². The zero-order valence-corrected chi connectivity index (χ0v) is 14.8. The molecule has 0 aliphatic carbocycles. The fourth-order valence-corrected chi connectivity index (χ4v) is 4.03. The van der Waals surface area contributed by atoms with E-state index in [1.165, 1.54) is 6.42 Å². The van der Waals surface area contributed by atoms with Crippen molar-refractivity contribution in [2.45, 2.75) is 38.6 Å². The predicted molar refractivity (Wildman–Crippen MR) is 94.7 cm³/mol. The maximum atomic E-state index is 12.6. The monoisotopic (exact) mass is 331 g/mol. The van der Waals surface area contributed by atoms with Crippen LogP contribution in [0.2, 0.25) is 0 Å². The number of carbonyl (C=O) groups excluding carboxylic acids is 1. The standard InChI is InChI=1S/C19H29N3O2/c1-3-15-13-20-21-19(15)16-7-9-22(10-8-16)18(23)12-14-5-4-6-17(11-14)24-2/h4-6,11,15-16,19-21H,3,7-10,12-13H2,1-2H3. The molecule has 1 amide bonds. The number of ether oxygens (including phenoxy) is 1. The van der Waals surface area contributed by atoms with E-state index in [-0.39, 0.29) is 5.91 Å². The van der Waals surface area contributed by atoms with Crippen molar-refractivity contribution >= 4 is 5.91 Å². The van der Waals surface area contributed by atoms with Gasteiger partial charge in [-0.25, -0.2) is 0 Å². The summed E-state index contributed by atoms with van der Waals surface area (Å²) in [7, 11) is 1.65. The molecular weight excluding hydrogens is 302 g/mol. The highest BCUT2D eigenvalue weighted by Gasteiger charge is 2.35. The number of methoxy groups -OCH3 is 1. The van der Waals surface area contributed by atoms with Gasteiger partial charge in [0.05, 0.1) is 13.5 Å². The van der Waals surface area contributed by atoms with Crippen LogP contribution in [0, 0.1) is 11.8 Å². The average molecular weight is 331 g/mol.